The van der Waals surface area contributed by atoms with E-state index in [9.17, 15) is 0 Å². The standard InChI is InChI=1S/C20H37Cl/c1-4-9-19-12-11-18(5-2)10-7-6-8-14-20(3,15-13-19)16-17-21/h12,18H,4-11,13-17H2,1-3H3. The molecule has 0 amide bonds. The molecule has 1 aliphatic rings. The highest BCUT2D eigenvalue weighted by Crippen LogP contribution is 2.37. The molecule has 2 unspecified atom stereocenters. The quantitative estimate of drug-likeness (QED) is 0.364. The van der Waals surface area contributed by atoms with E-state index >= 15 is 0 Å². The topological polar surface area (TPSA) is 0 Å². The lowest BCUT2D eigenvalue weighted by atomic mass is 9.76. The highest BCUT2D eigenvalue weighted by molar-refractivity contribution is 6.17. The lowest BCUT2D eigenvalue weighted by Gasteiger charge is -2.30. The van der Waals surface area contributed by atoms with E-state index < -0.39 is 0 Å². The second kappa shape index (κ2) is 10.7. The smallest absolute Gasteiger partial charge is 0.0228 e. The van der Waals surface area contributed by atoms with Crippen molar-refractivity contribution in [2.45, 2.75) is 97.8 Å². The summed E-state index contributed by atoms with van der Waals surface area (Å²) in [6, 6.07) is 0. The molecular weight excluding hydrogens is 276 g/mol. The molecule has 2 atom stereocenters. The van der Waals surface area contributed by atoms with Crippen LogP contribution in [0.4, 0.5) is 0 Å². The molecule has 0 aliphatic heterocycles. The minimum atomic E-state index is 0.470. The summed E-state index contributed by atoms with van der Waals surface area (Å²) in [5.74, 6) is 1.74. The van der Waals surface area contributed by atoms with Gasteiger partial charge < -0.3 is 0 Å². The van der Waals surface area contributed by atoms with Crippen LogP contribution in [0.5, 0.6) is 0 Å². The Morgan fingerprint density at radius 3 is 2.67 bits per heavy atom. The molecule has 0 spiro atoms. The summed E-state index contributed by atoms with van der Waals surface area (Å²) in [4.78, 5) is 0. The molecule has 1 rings (SSSR count). The molecule has 0 nitrogen and oxygen atoms in total. The van der Waals surface area contributed by atoms with Crippen molar-refractivity contribution in [2.75, 3.05) is 5.88 Å². The van der Waals surface area contributed by atoms with Gasteiger partial charge in [0.1, 0.15) is 0 Å². The molecule has 0 aromatic rings. The molecule has 0 radical (unpaired) electrons. The van der Waals surface area contributed by atoms with E-state index in [-0.39, 0.29) is 0 Å². The van der Waals surface area contributed by atoms with Crippen molar-refractivity contribution in [1.29, 1.82) is 0 Å². The van der Waals surface area contributed by atoms with Crippen molar-refractivity contribution < 1.29 is 0 Å². The first-order chi connectivity index (χ1) is 10.1. The average molecular weight is 313 g/mol. The molecule has 0 aromatic heterocycles. The van der Waals surface area contributed by atoms with Crippen LogP contribution in [0.25, 0.3) is 0 Å². The summed E-state index contributed by atoms with van der Waals surface area (Å²) >= 11 is 6.07. The molecule has 1 aliphatic carbocycles. The van der Waals surface area contributed by atoms with Gasteiger partial charge in [-0.2, -0.15) is 0 Å². The minimum Gasteiger partial charge on any atom is -0.127 e. The average Bonchev–Trinajstić information content (AvgIpc) is 2.46. The largest absolute Gasteiger partial charge is 0.127 e. The predicted octanol–water partition coefficient (Wildman–Crippen LogP) is 7.51. The fourth-order valence-corrected chi connectivity index (χ4v) is 4.16. The summed E-state index contributed by atoms with van der Waals surface area (Å²) < 4.78 is 0. The summed E-state index contributed by atoms with van der Waals surface area (Å²) in [6.45, 7) is 7.15. The van der Waals surface area contributed by atoms with E-state index in [0.29, 0.717) is 5.41 Å². The number of halogens is 1. The van der Waals surface area contributed by atoms with Gasteiger partial charge in [0.25, 0.3) is 0 Å². The van der Waals surface area contributed by atoms with E-state index in [1.54, 1.807) is 5.57 Å². The minimum absolute atomic E-state index is 0.470. The lowest BCUT2D eigenvalue weighted by molar-refractivity contribution is 0.249. The molecule has 1 heteroatoms. The summed E-state index contributed by atoms with van der Waals surface area (Å²) in [5.41, 5.74) is 2.19. The third-order valence-electron chi connectivity index (χ3n) is 5.53. The van der Waals surface area contributed by atoms with Gasteiger partial charge in [-0.15, -0.1) is 11.6 Å². The van der Waals surface area contributed by atoms with Gasteiger partial charge in [0.05, 0.1) is 0 Å². The Morgan fingerprint density at radius 2 is 2.00 bits per heavy atom. The molecular formula is C20H37Cl. The fourth-order valence-electron chi connectivity index (χ4n) is 3.70. The maximum Gasteiger partial charge on any atom is 0.0228 e. The van der Waals surface area contributed by atoms with E-state index in [4.69, 9.17) is 11.6 Å². The molecule has 0 fully saturated rings. The van der Waals surface area contributed by atoms with Crippen molar-refractivity contribution in [1.82, 2.24) is 0 Å². The van der Waals surface area contributed by atoms with Crippen LogP contribution < -0.4 is 0 Å². The van der Waals surface area contributed by atoms with Gasteiger partial charge in [0, 0.05) is 5.88 Å². The Morgan fingerprint density at radius 1 is 1.19 bits per heavy atom. The van der Waals surface area contributed by atoms with Gasteiger partial charge in [-0.25, -0.2) is 0 Å². The van der Waals surface area contributed by atoms with Crippen molar-refractivity contribution in [3.8, 4) is 0 Å². The normalized spacial score (nSPS) is 29.3. The lowest BCUT2D eigenvalue weighted by Crippen LogP contribution is -2.18. The molecule has 0 N–H and O–H groups in total. The van der Waals surface area contributed by atoms with Crippen LogP contribution in [0.3, 0.4) is 0 Å². The summed E-state index contributed by atoms with van der Waals surface area (Å²) in [7, 11) is 0. The predicted molar refractivity (Wildman–Crippen MR) is 97.2 cm³/mol. The Balaban J connectivity index is 2.73. The molecule has 124 valence electrons. The highest BCUT2D eigenvalue weighted by Gasteiger charge is 2.23. The molecule has 0 aromatic carbocycles. The van der Waals surface area contributed by atoms with E-state index in [1.807, 2.05) is 0 Å². The first-order valence-electron chi connectivity index (χ1n) is 9.37. The van der Waals surface area contributed by atoms with E-state index in [0.717, 1.165) is 11.8 Å². The van der Waals surface area contributed by atoms with Crippen LogP contribution in [0, 0.1) is 11.3 Å². The zero-order valence-electron chi connectivity index (χ0n) is 14.7. The molecule has 21 heavy (non-hydrogen) atoms. The monoisotopic (exact) mass is 312 g/mol. The van der Waals surface area contributed by atoms with E-state index in [1.165, 1.54) is 77.0 Å². The Hall–Kier alpha value is 0.0300. The van der Waals surface area contributed by atoms with Crippen molar-refractivity contribution >= 4 is 11.6 Å². The van der Waals surface area contributed by atoms with Crippen LogP contribution in [0.1, 0.15) is 97.8 Å². The maximum atomic E-state index is 6.07. The fraction of sp³-hybridized carbons (Fsp3) is 0.900. The Labute approximate surface area is 138 Å². The number of allylic oxidation sites excluding steroid dienone is 2. The second-order valence-electron chi connectivity index (χ2n) is 7.47. The van der Waals surface area contributed by atoms with Gasteiger partial charge in [0.15, 0.2) is 0 Å². The van der Waals surface area contributed by atoms with Gasteiger partial charge in [-0.1, -0.05) is 70.9 Å². The van der Waals surface area contributed by atoms with Crippen molar-refractivity contribution in [3.63, 3.8) is 0 Å². The van der Waals surface area contributed by atoms with Crippen LogP contribution >= 0.6 is 11.6 Å². The van der Waals surface area contributed by atoms with Gasteiger partial charge in [0.2, 0.25) is 0 Å². The number of hydrogen-bond acceptors (Lipinski definition) is 0. The highest BCUT2D eigenvalue weighted by atomic mass is 35.5. The maximum absolute atomic E-state index is 6.07. The Kier molecular flexibility index (Phi) is 9.73. The van der Waals surface area contributed by atoms with Crippen LogP contribution in [-0.4, -0.2) is 5.88 Å². The van der Waals surface area contributed by atoms with Crippen molar-refractivity contribution in [3.05, 3.63) is 11.6 Å². The van der Waals surface area contributed by atoms with Gasteiger partial charge in [-0.3, -0.25) is 0 Å². The molecule has 0 heterocycles. The van der Waals surface area contributed by atoms with E-state index in [2.05, 4.69) is 26.8 Å². The summed E-state index contributed by atoms with van der Waals surface area (Å²) in [5, 5.41) is 0. The van der Waals surface area contributed by atoms with Gasteiger partial charge in [-0.05, 0) is 49.9 Å². The van der Waals surface area contributed by atoms with Gasteiger partial charge >= 0.3 is 0 Å². The number of rotatable bonds is 5. The Bertz CT molecular complexity index is 294. The second-order valence-corrected chi connectivity index (χ2v) is 7.85. The third-order valence-corrected chi connectivity index (χ3v) is 5.72. The first-order valence-corrected chi connectivity index (χ1v) is 9.91. The van der Waals surface area contributed by atoms with Crippen LogP contribution in [-0.2, 0) is 0 Å². The van der Waals surface area contributed by atoms with Crippen molar-refractivity contribution in [2.24, 2.45) is 11.3 Å². The summed E-state index contributed by atoms with van der Waals surface area (Å²) in [6.07, 6.45) is 18.7. The van der Waals surface area contributed by atoms with Crippen LogP contribution in [0.15, 0.2) is 11.6 Å². The SMILES string of the molecule is CCCC1=CCC(CC)CCCCCC(C)(CCCl)CC1. The zero-order valence-corrected chi connectivity index (χ0v) is 15.5. The number of alkyl halides is 1. The molecule has 0 saturated heterocycles. The molecule has 0 bridgehead atoms. The third kappa shape index (κ3) is 7.73. The zero-order chi connectivity index (χ0) is 15.6. The molecule has 0 saturated carbocycles. The van der Waals surface area contributed by atoms with Crippen LogP contribution in [0.2, 0.25) is 0 Å². The first kappa shape index (κ1) is 19.1. The number of hydrogen-bond donors (Lipinski definition) is 0.